The molecular formula is C7H12O6. The maximum Gasteiger partial charge on any atom is 0.369 e. The number of aliphatic hydroxyl groups is 3. The first-order chi connectivity index (χ1) is 6.00. The Kier molecular flexibility index (Phi) is 2.87. The molecular weight excluding hydrogens is 180 g/mol. The number of hydrogen-bond acceptors (Lipinski definition) is 6. The molecule has 0 radical (unpaired) electrons. The Bertz CT molecular complexity index is 205. The molecule has 0 amide bonds. The summed E-state index contributed by atoms with van der Waals surface area (Å²) < 4.78 is 8.87. The summed E-state index contributed by atoms with van der Waals surface area (Å²) in [5.41, 5.74) is 0. The van der Waals surface area contributed by atoms with E-state index in [1.165, 1.54) is 0 Å². The summed E-state index contributed by atoms with van der Waals surface area (Å²) in [5.74, 6) is -3.40. The molecule has 1 aliphatic rings. The molecule has 0 aromatic rings. The van der Waals surface area contributed by atoms with E-state index in [1.807, 2.05) is 0 Å². The van der Waals surface area contributed by atoms with Crippen molar-refractivity contribution in [1.29, 1.82) is 0 Å². The molecule has 1 aliphatic heterocycles. The van der Waals surface area contributed by atoms with Gasteiger partial charge in [0.2, 0.25) is 0 Å². The predicted molar refractivity (Wildman–Crippen MR) is 39.5 cm³/mol. The average molecular weight is 192 g/mol. The molecule has 6 heteroatoms. The molecule has 0 aliphatic carbocycles. The molecule has 1 saturated heterocycles. The van der Waals surface area contributed by atoms with Gasteiger partial charge in [0.15, 0.2) is 0 Å². The van der Waals surface area contributed by atoms with E-state index in [-0.39, 0.29) is 13.0 Å². The maximum atomic E-state index is 11.0. The van der Waals surface area contributed by atoms with Crippen molar-refractivity contribution in [2.24, 2.45) is 0 Å². The van der Waals surface area contributed by atoms with Crippen molar-refractivity contribution in [2.75, 3.05) is 13.7 Å². The second-order valence-corrected chi connectivity index (χ2v) is 2.90. The van der Waals surface area contributed by atoms with Crippen LogP contribution in [-0.2, 0) is 14.3 Å². The zero-order chi connectivity index (χ0) is 10.1. The first-order valence-electron chi connectivity index (χ1n) is 3.81. The Morgan fingerprint density at radius 1 is 1.62 bits per heavy atom. The van der Waals surface area contributed by atoms with E-state index in [1.54, 1.807) is 0 Å². The van der Waals surface area contributed by atoms with Gasteiger partial charge in [-0.25, -0.2) is 4.79 Å². The third-order valence-electron chi connectivity index (χ3n) is 1.92. The fraction of sp³-hybridized carbons (Fsp3) is 0.857. The molecule has 0 saturated carbocycles. The lowest BCUT2D eigenvalue weighted by molar-refractivity contribution is -0.288. The van der Waals surface area contributed by atoms with Crippen LogP contribution in [0.4, 0.5) is 0 Å². The number of esters is 1. The third kappa shape index (κ3) is 1.80. The summed E-state index contributed by atoms with van der Waals surface area (Å²) in [5, 5.41) is 27.8. The van der Waals surface area contributed by atoms with Gasteiger partial charge in [0.1, 0.15) is 6.10 Å². The molecule has 3 unspecified atom stereocenters. The SMILES string of the molecule is COC(=O)C1(O)OCC(O)CC1O. The minimum Gasteiger partial charge on any atom is -0.465 e. The number of carbonyl (C=O) groups excluding carboxylic acids is 1. The van der Waals surface area contributed by atoms with Crippen LogP contribution < -0.4 is 0 Å². The topological polar surface area (TPSA) is 96.2 Å². The van der Waals surface area contributed by atoms with Gasteiger partial charge in [-0.05, 0) is 0 Å². The van der Waals surface area contributed by atoms with Crippen molar-refractivity contribution in [2.45, 2.75) is 24.4 Å². The number of ether oxygens (including phenoxy) is 2. The highest BCUT2D eigenvalue weighted by Gasteiger charge is 2.50. The Labute approximate surface area is 74.7 Å². The highest BCUT2D eigenvalue weighted by molar-refractivity contribution is 5.78. The summed E-state index contributed by atoms with van der Waals surface area (Å²) >= 11 is 0. The van der Waals surface area contributed by atoms with Crippen LogP contribution in [0.1, 0.15) is 6.42 Å². The van der Waals surface area contributed by atoms with E-state index in [0.29, 0.717) is 0 Å². The summed E-state index contributed by atoms with van der Waals surface area (Å²) in [7, 11) is 1.07. The van der Waals surface area contributed by atoms with E-state index in [9.17, 15) is 15.0 Å². The molecule has 1 rings (SSSR count). The maximum absolute atomic E-state index is 11.0. The molecule has 6 nitrogen and oxygen atoms in total. The van der Waals surface area contributed by atoms with Crippen molar-refractivity contribution in [3.8, 4) is 0 Å². The highest BCUT2D eigenvalue weighted by Crippen LogP contribution is 2.24. The van der Waals surface area contributed by atoms with Crippen LogP contribution in [0.15, 0.2) is 0 Å². The zero-order valence-corrected chi connectivity index (χ0v) is 7.14. The largest absolute Gasteiger partial charge is 0.465 e. The molecule has 76 valence electrons. The fourth-order valence-electron chi connectivity index (χ4n) is 1.15. The lowest BCUT2D eigenvalue weighted by Gasteiger charge is -2.35. The van der Waals surface area contributed by atoms with E-state index < -0.39 is 24.0 Å². The van der Waals surface area contributed by atoms with Crippen molar-refractivity contribution >= 4 is 5.97 Å². The number of carbonyl (C=O) groups is 1. The predicted octanol–water partition coefficient (Wildman–Crippen LogP) is -2.01. The van der Waals surface area contributed by atoms with Gasteiger partial charge in [-0.2, -0.15) is 0 Å². The standard InChI is InChI=1S/C7H12O6/c1-12-6(10)7(11)5(9)2-4(8)3-13-7/h4-5,8-9,11H,2-3H2,1H3. The first kappa shape index (κ1) is 10.4. The molecule has 0 spiro atoms. The average Bonchev–Trinajstić information content (AvgIpc) is 2.11. The normalized spacial score (nSPS) is 40.0. The van der Waals surface area contributed by atoms with Crippen LogP contribution in [0.5, 0.6) is 0 Å². The summed E-state index contributed by atoms with van der Waals surface area (Å²) in [6, 6.07) is 0. The van der Waals surface area contributed by atoms with Crippen LogP contribution in [0, 0.1) is 0 Å². The second-order valence-electron chi connectivity index (χ2n) is 2.90. The van der Waals surface area contributed by atoms with Crippen molar-refractivity contribution in [1.82, 2.24) is 0 Å². The van der Waals surface area contributed by atoms with E-state index in [0.717, 1.165) is 7.11 Å². The molecule has 0 bridgehead atoms. The Morgan fingerprint density at radius 3 is 2.69 bits per heavy atom. The van der Waals surface area contributed by atoms with Gasteiger partial charge in [-0.15, -0.1) is 0 Å². The van der Waals surface area contributed by atoms with Gasteiger partial charge >= 0.3 is 5.97 Å². The minimum absolute atomic E-state index is 0.119. The van der Waals surface area contributed by atoms with Crippen LogP contribution in [0.2, 0.25) is 0 Å². The minimum atomic E-state index is -2.34. The molecule has 3 N–H and O–H groups in total. The smallest absolute Gasteiger partial charge is 0.369 e. The fourth-order valence-corrected chi connectivity index (χ4v) is 1.15. The lowest BCUT2D eigenvalue weighted by atomic mass is 10.0. The van der Waals surface area contributed by atoms with Gasteiger partial charge in [-0.1, -0.05) is 0 Å². The van der Waals surface area contributed by atoms with Crippen LogP contribution >= 0.6 is 0 Å². The summed E-state index contributed by atoms with van der Waals surface area (Å²) in [4.78, 5) is 11.0. The Balaban J connectivity index is 2.73. The lowest BCUT2D eigenvalue weighted by Crippen LogP contribution is -2.57. The number of methoxy groups -OCH3 is 1. The number of aliphatic hydroxyl groups excluding tert-OH is 2. The molecule has 13 heavy (non-hydrogen) atoms. The van der Waals surface area contributed by atoms with Gasteiger partial charge in [0.25, 0.3) is 5.79 Å². The van der Waals surface area contributed by atoms with Crippen molar-refractivity contribution < 1.29 is 29.6 Å². The third-order valence-corrected chi connectivity index (χ3v) is 1.92. The van der Waals surface area contributed by atoms with Gasteiger partial charge < -0.3 is 24.8 Å². The van der Waals surface area contributed by atoms with Crippen LogP contribution in [0.25, 0.3) is 0 Å². The van der Waals surface area contributed by atoms with Crippen molar-refractivity contribution in [3.63, 3.8) is 0 Å². The van der Waals surface area contributed by atoms with Gasteiger partial charge in [-0.3, -0.25) is 0 Å². The van der Waals surface area contributed by atoms with E-state index in [4.69, 9.17) is 5.11 Å². The van der Waals surface area contributed by atoms with Crippen LogP contribution in [0.3, 0.4) is 0 Å². The monoisotopic (exact) mass is 192 g/mol. The Morgan fingerprint density at radius 2 is 2.23 bits per heavy atom. The van der Waals surface area contributed by atoms with Crippen molar-refractivity contribution in [3.05, 3.63) is 0 Å². The molecule has 0 aromatic carbocycles. The summed E-state index contributed by atoms with van der Waals surface area (Å²) in [6.07, 6.45) is -2.46. The zero-order valence-electron chi connectivity index (χ0n) is 7.14. The van der Waals surface area contributed by atoms with Gasteiger partial charge in [0, 0.05) is 6.42 Å². The van der Waals surface area contributed by atoms with Crippen LogP contribution in [-0.4, -0.2) is 53.0 Å². The van der Waals surface area contributed by atoms with Gasteiger partial charge in [0.05, 0.1) is 19.8 Å². The Hall–Kier alpha value is -0.690. The molecule has 0 aromatic heterocycles. The molecule has 1 fully saturated rings. The number of hydrogen-bond donors (Lipinski definition) is 3. The molecule has 3 atom stereocenters. The highest BCUT2D eigenvalue weighted by atomic mass is 16.7. The molecule has 1 heterocycles. The van der Waals surface area contributed by atoms with E-state index >= 15 is 0 Å². The van der Waals surface area contributed by atoms with E-state index in [2.05, 4.69) is 9.47 Å². The second kappa shape index (κ2) is 3.59. The number of rotatable bonds is 1. The quantitative estimate of drug-likeness (QED) is 0.415. The first-order valence-corrected chi connectivity index (χ1v) is 3.81. The summed E-state index contributed by atoms with van der Waals surface area (Å²) in [6.45, 7) is -0.206.